The Bertz CT molecular complexity index is 612. The molecule has 90 valence electrons. The van der Waals surface area contributed by atoms with Crippen LogP contribution in [0.1, 0.15) is 11.1 Å². The molecule has 0 amide bonds. The van der Waals surface area contributed by atoms with E-state index in [-0.39, 0.29) is 0 Å². The molecule has 2 rings (SSSR count). The average Bonchev–Trinajstić information content (AvgIpc) is 2.33. The van der Waals surface area contributed by atoms with Gasteiger partial charge >= 0.3 is 0 Å². The molecule has 0 saturated carbocycles. The molecule has 0 aliphatic heterocycles. The van der Waals surface area contributed by atoms with Gasteiger partial charge in [-0.05, 0) is 36.8 Å². The van der Waals surface area contributed by atoms with Crippen molar-refractivity contribution in [1.82, 2.24) is 0 Å². The van der Waals surface area contributed by atoms with Gasteiger partial charge in [0.05, 0.1) is 22.3 Å². The molecule has 2 aromatic rings. The maximum Gasteiger partial charge on any atom is 0.0992 e. The van der Waals surface area contributed by atoms with Crippen LogP contribution in [-0.2, 0) is 0 Å². The second-order valence-electron chi connectivity index (χ2n) is 3.90. The van der Waals surface area contributed by atoms with Gasteiger partial charge in [0.1, 0.15) is 0 Å². The van der Waals surface area contributed by atoms with Crippen molar-refractivity contribution in [3.05, 3.63) is 57.0 Å². The van der Waals surface area contributed by atoms with E-state index in [4.69, 9.17) is 16.9 Å². The van der Waals surface area contributed by atoms with Crippen LogP contribution in [0.4, 0.5) is 11.4 Å². The van der Waals surface area contributed by atoms with Gasteiger partial charge in [-0.3, -0.25) is 0 Å². The van der Waals surface area contributed by atoms with Gasteiger partial charge in [0.25, 0.3) is 0 Å². The van der Waals surface area contributed by atoms with Gasteiger partial charge in [-0.1, -0.05) is 39.7 Å². The summed E-state index contributed by atoms with van der Waals surface area (Å²) in [6.07, 6.45) is 0. The lowest BCUT2D eigenvalue weighted by molar-refractivity contribution is 1.42. The molecule has 0 unspecified atom stereocenters. The average molecular weight is 322 g/mol. The number of para-hydroxylation sites is 1. The first-order chi connectivity index (χ1) is 8.60. The highest BCUT2D eigenvalue weighted by Crippen LogP contribution is 2.30. The van der Waals surface area contributed by atoms with Gasteiger partial charge in [-0.25, -0.2) is 0 Å². The summed E-state index contributed by atoms with van der Waals surface area (Å²) in [7, 11) is 0. The second kappa shape index (κ2) is 5.43. The minimum Gasteiger partial charge on any atom is -0.354 e. The first-order valence-corrected chi connectivity index (χ1v) is 6.50. The molecule has 0 aliphatic rings. The van der Waals surface area contributed by atoms with Crippen molar-refractivity contribution in [2.75, 3.05) is 5.32 Å². The van der Waals surface area contributed by atoms with E-state index < -0.39 is 0 Å². The van der Waals surface area contributed by atoms with Crippen molar-refractivity contribution < 1.29 is 0 Å². The molecule has 1 N–H and O–H groups in total. The fourth-order valence-electron chi connectivity index (χ4n) is 1.66. The molecule has 0 heterocycles. The van der Waals surface area contributed by atoms with Gasteiger partial charge in [-0.15, -0.1) is 0 Å². The summed E-state index contributed by atoms with van der Waals surface area (Å²) in [4.78, 5) is 0. The molecule has 0 aliphatic carbocycles. The molecular weight excluding hydrogens is 312 g/mol. The monoisotopic (exact) mass is 320 g/mol. The molecule has 0 bridgehead atoms. The molecule has 2 aromatic carbocycles. The van der Waals surface area contributed by atoms with Crippen molar-refractivity contribution in [3.8, 4) is 6.07 Å². The van der Waals surface area contributed by atoms with Crippen LogP contribution < -0.4 is 5.32 Å². The highest BCUT2D eigenvalue weighted by molar-refractivity contribution is 9.10. The Kier molecular flexibility index (Phi) is 3.90. The second-order valence-corrected chi connectivity index (χ2v) is 5.22. The van der Waals surface area contributed by atoms with E-state index in [2.05, 4.69) is 27.3 Å². The topological polar surface area (TPSA) is 35.8 Å². The van der Waals surface area contributed by atoms with Gasteiger partial charge in [0.2, 0.25) is 0 Å². The quantitative estimate of drug-likeness (QED) is 0.842. The molecule has 0 saturated heterocycles. The van der Waals surface area contributed by atoms with E-state index in [9.17, 15) is 0 Å². The Hall–Kier alpha value is -1.50. The van der Waals surface area contributed by atoms with Gasteiger partial charge in [-0.2, -0.15) is 5.26 Å². The molecule has 0 fully saturated rings. The smallest absolute Gasteiger partial charge is 0.0992 e. The first-order valence-electron chi connectivity index (χ1n) is 5.33. The maximum absolute atomic E-state index is 8.94. The van der Waals surface area contributed by atoms with Crippen LogP contribution in [0, 0.1) is 18.3 Å². The van der Waals surface area contributed by atoms with Crippen molar-refractivity contribution >= 4 is 38.9 Å². The van der Waals surface area contributed by atoms with Crippen LogP contribution in [-0.4, -0.2) is 0 Å². The summed E-state index contributed by atoms with van der Waals surface area (Å²) in [6, 6.07) is 13.3. The zero-order valence-corrected chi connectivity index (χ0v) is 12.0. The van der Waals surface area contributed by atoms with E-state index in [1.54, 1.807) is 12.1 Å². The largest absolute Gasteiger partial charge is 0.354 e. The van der Waals surface area contributed by atoms with Gasteiger partial charge < -0.3 is 5.32 Å². The number of halogens is 2. The van der Waals surface area contributed by atoms with Crippen LogP contribution in [0.25, 0.3) is 0 Å². The third-order valence-electron chi connectivity index (χ3n) is 2.52. The summed E-state index contributed by atoms with van der Waals surface area (Å²) in [5.74, 6) is 0. The summed E-state index contributed by atoms with van der Waals surface area (Å²) in [5.41, 5.74) is 3.34. The lowest BCUT2D eigenvalue weighted by atomic mass is 10.1. The molecule has 0 radical (unpaired) electrons. The molecule has 0 spiro atoms. The third-order valence-corrected chi connectivity index (χ3v) is 3.29. The van der Waals surface area contributed by atoms with Crippen LogP contribution in [0.3, 0.4) is 0 Å². The fourth-order valence-corrected chi connectivity index (χ4v) is 2.42. The standard InChI is InChI=1S/C14H10BrClN2/c1-9-3-2-4-13(16)14(9)18-12-6-10(8-17)5-11(15)7-12/h2-7,18H,1H3. The molecular formula is C14H10BrClN2. The Balaban J connectivity index is 2.40. The number of hydrogen-bond donors (Lipinski definition) is 1. The van der Waals surface area contributed by atoms with Crippen LogP contribution >= 0.6 is 27.5 Å². The number of rotatable bonds is 2. The number of hydrogen-bond acceptors (Lipinski definition) is 2. The summed E-state index contributed by atoms with van der Waals surface area (Å²) in [5, 5.41) is 12.8. The number of benzene rings is 2. The zero-order valence-electron chi connectivity index (χ0n) is 9.67. The maximum atomic E-state index is 8.94. The predicted molar refractivity (Wildman–Crippen MR) is 78.3 cm³/mol. The number of nitrogens with zero attached hydrogens (tertiary/aromatic N) is 1. The molecule has 2 nitrogen and oxygen atoms in total. The van der Waals surface area contributed by atoms with E-state index in [1.165, 1.54) is 0 Å². The number of nitrogens with one attached hydrogen (secondary N) is 1. The Morgan fingerprint density at radius 2 is 2.06 bits per heavy atom. The van der Waals surface area contributed by atoms with Crippen molar-refractivity contribution in [3.63, 3.8) is 0 Å². The highest BCUT2D eigenvalue weighted by atomic mass is 79.9. The van der Waals surface area contributed by atoms with E-state index >= 15 is 0 Å². The Morgan fingerprint density at radius 1 is 1.28 bits per heavy atom. The zero-order chi connectivity index (χ0) is 13.1. The van der Waals surface area contributed by atoms with E-state index in [1.807, 2.05) is 31.2 Å². The molecule has 0 atom stereocenters. The third kappa shape index (κ3) is 2.84. The number of nitriles is 1. The lowest BCUT2D eigenvalue weighted by Crippen LogP contribution is -1.94. The normalized spacial score (nSPS) is 9.89. The van der Waals surface area contributed by atoms with Crippen LogP contribution in [0.15, 0.2) is 40.9 Å². The van der Waals surface area contributed by atoms with Gasteiger partial charge in [0.15, 0.2) is 0 Å². The van der Waals surface area contributed by atoms with Crippen molar-refractivity contribution in [2.24, 2.45) is 0 Å². The number of aryl methyl sites for hydroxylation is 1. The molecule has 0 aromatic heterocycles. The van der Waals surface area contributed by atoms with Gasteiger partial charge in [0, 0.05) is 10.2 Å². The first kappa shape index (κ1) is 12.9. The minimum atomic E-state index is 0.594. The van der Waals surface area contributed by atoms with Crippen molar-refractivity contribution in [1.29, 1.82) is 5.26 Å². The predicted octanol–water partition coefficient (Wildman–Crippen LogP) is 5.03. The lowest BCUT2D eigenvalue weighted by Gasteiger charge is -2.12. The Labute approximate surface area is 119 Å². The van der Waals surface area contributed by atoms with Crippen LogP contribution in [0.2, 0.25) is 5.02 Å². The SMILES string of the molecule is Cc1cccc(Cl)c1Nc1cc(Br)cc(C#N)c1. The highest BCUT2D eigenvalue weighted by Gasteiger charge is 2.05. The minimum absolute atomic E-state index is 0.594. The van der Waals surface area contributed by atoms with Crippen LogP contribution in [0.5, 0.6) is 0 Å². The molecule has 4 heteroatoms. The fraction of sp³-hybridized carbons (Fsp3) is 0.0714. The number of anilines is 2. The summed E-state index contributed by atoms with van der Waals surface area (Å²) in [6.45, 7) is 1.98. The summed E-state index contributed by atoms with van der Waals surface area (Å²) >= 11 is 9.53. The van der Waals surface area contributed by atoms with Crippen molar-refractivity contribution in [2.45, 2.75) is 6.92 Å². The Morgan fingerprint density at radius 3 is 2.72 bits per heavy atom. The molecule has 18 heavy (non-hydrogen) atoms. The summed E-state index contributed by atoms with van der Waals surface area (Å²) < 4.78 is 0.855. The van der Waals surface area contributed by atoms with E-state index in [0.717, 1.165) is 21.4 Å². The van der Waals surface area contributed by atoms with E-state index in [0.29, 0.717) is 10.6 Å².